The summed E-state index contributed by atoms with van der Waals surface area (Å²) in [4.78, 5) is 0.302. The highest BCUT2D eigenvalue weighted by Gasteiger charge is 2.14. The summed E-state index contributed by atoms with van der Waals surface area (Å²) in [5, 5.41) is 11.4. The van der Waals surface area contributed by atoms with Crippen molar-refractivity contribution in [1.29, 1.82) is 0 Å². The van der Waals surface area contributed by atoms with Crippen LogP contribution in [0.5, 0.6) is 0 Å². The minimum atomic E-state index is -0.149. The molecule has 0 aliphatic heterocycles. The molecule has 2 atom stereocenters. The Hall–Kier alpha value is 0.920. The van der Waals surface area contributed by atoms with E-state index < -0.39 is 0 Å². The van der Waals surface area contributed by atoms with E-state index in [1.54, 1.807) is 0 Å². The Labute approximate surface area is 162 Å². The lowest BCUT2D eigenvalue weighted by atomic mass is 10.0. The summed E-state index contributed by atoms with van der Waals surface area (Å²) in [6.07, 6.45) is 20.6. The molecule has 0 bridgehead atoms. The summed E-state index contributed by atoms with van der Waals surface area (Å²) in [6, 6.07) is 0. The van der Waals surface area contributed by atoms with Crippen molar-refractivity contribution >= 4 is 31.9 Å². The quantitative estimate of drug-likeness (QED) is 0.165. The summed E-state index contributed by atoms with van der Waals surface area (Å²) in [7, 11) is 0. The molecule has 0 saturated heterocycles. The average Bonchev–Trinajstić information content (AvgIpc) is 2.56. The molecular formula is C20H40Br2O. The number of hydrogen-bond donors (Lipinski definition) is 1. The van der Waals surface area contributed by atoms with Crippen LogP contribution in [0.1, 0.15) is 110 Å². The van der Waals surface area contributed by atoms with Crippen LogP contribution in [0.4, 0.5) is 0 Å². The van der Waals surface area contributed by atoms with Crippen LogP contribution >= 0.6 is 31.9 Å². The highest BCUT2D eigenvalue weighted by Crippen LogP contribution is 2.20. The second kappa shape index (κ2) is 19.2. The summed E-state index contributed by atoms with van der Waals surface area (Å²) in [5.74, 6) is 0. The van der Waals surface area contributed by atoms with Gasteiger partial charge in [0.25, 0.3) is 0 Å². The zero-order valence-corrected chi connectivity index (χ0v) is 18.6. The van der Waals surface area contributed by atoms with Gasteiger partial charge in [-0.3, -0.25) is 0 Å². The molecule has 0 heterocycles. The second-order valence-electron chi connectivity index (χ2n) is 6.95. The standard InChI is InChI=1S/C20H40Br2O/c1-2-3-4-5-7-11-14-17-20(23)19(22)16-13-10-8-6-9-12-15-18-21/h19-20,23H,2-18H2,1H3. The molecule has 0 aromatic heterocycles. The highest BCUT2D eigenvalue weighted by molar-refractivity contribution is 9.09. The lowest BCUT2D eigenvalue weighted by Gasteiger charge is -2.17. The Morgan fingerprint density at radius 2 is 1.09 bits per heavy atom. The first-order chi connectivity index (χ1) is 11.2. The molecule has 0 amide bonds. The number of halogens is 2. The second-order valence-corrected chi connectivity index (χ2v) is 8.92. The normalized spacial score (nSPS) is 14.1. The lowest BCUT2D eigenvalue weighted by molar-refractivity contribution is 0.155. The van der Waals surface area contributed by atoms with Crippen LogP contribution in [0.25, 0.3) is 0 Å². The fraction of sp³-hybridized carbons (Fsp3) is 1.00. The van der Waals surface area contributed by atoms with Crippen LogP contribution in [0.2, 0.25) is 0 Å². The fourth-order valence-electron chi connectivity index (χ4n) is 3.00. The maximum absolute atomic E-state index is 10.2. The summed E-state index contributed by atoms with van der Waals surface area (Å²) >= 11 is 7.18. The number of aliphatic hydroxyl groups is 1. The average molecular weight is 456 g/mol. The molecule has 23 heavy (non-hydrogen) atoms. The molecule has 2 unspecified atom stereocenters. The monoisotopic (exact) mass is 454 g/mol. The molecule has 0 spiro atoms. The van der Waals surface area contributed by atoms with Gasteiger partial charge < -0.3 is 5.11 Å². The first-order valence-corrected chi connectivity index (χ1v) is 12.1. The van der Waals surface area contributed by atoms with Crippen molar-refractivity contribution in [1.82, 2.24) is 0 Å². The number of unbranched alkanes of at least 4 members (excludes halogenated alkanes) is 12. The topological polar surface area (TPSA) is 20.2 Å². The largest absolute Gasteiger partial charge is 0.392 e. The minimum Gasteiger partial charge on any atom is -0.392 e. The zero-order chi connectivity index (χ0) is 17.2. The molecule has 0 radical (unpaired) electrons. The molecule has 0 rings (SSSR count). The van der Waals surface area contributed by atoms with Gasteiger partial charge in [0.2, 0.25) is 0 Å². The third-order valence-electron chi connectivity index (χ3n) is 4.63. The minimum absolute atomic E-state index is 0.149. The first kappa shape index (κ1) is 23.9. The van der Waals surface area contributed by atoms with Crippen LogP contribution in [0.15, 0.2) is 0 Å². The SMILES string of the molecule is CCCCCCCCCC(O)C(Br)CCCCCCCCCBr. The predicted molar refractivity (Wildman–Crippen MR) is 112 cm³/mol. The molecular weight excluding hydrogens is 416 g/mol. The summed E-state index contributed by atoms with van der Waals surface area (Å²) < 4.78 is 0. The van der Waals surface area contributed by atoms with Gasteiger partial charge in [-0.05, 0) is 19.3 Å². The van der Waals surface area contributed by atoms with Crippen molar-refractivity contribution < 1.29 is 5.11 Å². The number of alkyl halides is 2. The Balaban J connectivity index is 3.33. The van der Waals surface area contributed by atoms with Gasteiger partial charge in [-0.15, -0.1) is 0 Å². The van der Waals surface area contributed by atoms with Gasteiger partial charge >= 0.3 is 0 Å². The summed E-state index contributed by atoms with van der Waals surface area (Å²) in [6.45, 7) is 2.26. The van der Waals surface area contributed by atoms with Crippen molar-refractivity contribution in [3.05, 3.63) is 0 Å². The molecule has 0 aromatic rings. The molecule has 0 fully saturated rings. The molecule has 0 aliphatic carbocycles. The Morgan fingerprint density at radius 3 is 1.61 bits per heavy atom. The van der Waals surface area contributed by atoms with Crippen molar-refractivity contribution in [3.63, 3.8) is 0 Å². The summed E-state index contributed by atoms with van der Waals surface area (Å²) in [5.41, 5.74) is 0. The van der Waals surface area contributed by atoms with Gasteiger partial charge in [-0.1, -0.05) is 122 Å². The molecule has 3 heteroatoms. The van der Waals surface area contributed by atoms with Gasteiger partial charge in [-0.2, -0.15) is 0 Å². The highest BCUT2D eigenvalue weighted by atomic mass is 79.9. The van der Waals surface area contributed by atoms with Crippen molar-refractivity contribution in [2.24, 2.45) is 0 Å². The molecule has 140 valence electrons. The van der Waals surface area contributed by atoms with Crippen LogP contribution in [-0.4, -0.2) is 21.4 Å². The van der Waals surface area contributed by atoms with Crippen molar-refractivity contribution in [3.8, 4) is 0 Å². The molecule has 0 aliphatic rings. The Kier molecular flexibility index (Phi) is 20.0. The maximum Gasteiger partial charge on any atom is 0.0665 e. The van der Waals surface area contributed by atoms with Crippen LogP contribution in [-0.2, 0) is 0 Å². The van der Waals surface area contributed by atoms with Crippen LogP contribution in [0.3, 0.4) is 0 Å². The number of aliphatic hydroxyl groups excluding tert-OH is 1. The fourth-order valence-corrected chi connectivity index (χ4v) is 3.99. The third-order valence-corrected chi connectivity index (χ3v) is 6.26. The predicted octanol–water partition coefficient (Wildman–Crippen LogP) is 7.77. The maximum atomic E-state index is 10.2. The van der Waals surface area contributed by atoms with Crippen LogP contribution < -0.4 is 0 Å². The zero-order valence-electron chi connectivity index (χ0n) is 15.4. The van der Waals surface area contributed by atoms with E-state index in [4.69, 9.17) is 0 Å². The van der Waals surface area contributed by atoms with Crippen molar-refractivity contribution in [2.75, 3.05) is 5.33 Å². The Morgan fingerprint density at radius 1 is 0.652 bits per heavy atom. The van der Waals surface area contributed by atoms with Crippen LogP contribution in [0, 0.1) is 0 Å². The van der Waals surface area contributed by atoms with E-state index in [0.717, 1.165) is 18.2 Å². The van der Waals surface area contributed by atoms with E-state index in [-0.39, 0.29) is 6.10 Å². The van der Waals surface area contributed by atoms with E-state index in [1.807, 2.05) is 0 Å². The van der Waals surface area contributed by atoms with Gasteiger partial charge in [0.1, 0.15) is 0 Å². The molecule has 1 nitrogen and oxygen atoms in total. The van der Waals surface area contributed by atoms with E-state index in [0.29, 0.717) is 4.83 Å². The van der Waals surface area contributed by atoms with E-state index in [1.165, 1.54) is 89.9 Å². The Bertz CT molecular complexity index is 224. The van der Waals surface area contributed by atoms with Gasteiger partial charge in [0, 0.05) is 10.2 Å². The third kappa shape index (κ3) is 17.5. The van der Waals surface area contributed by atoms with E-state index in [2.05, 4.69) is 38.8 Å². The van der Waals surface area contributed by atoms with E-state index in [9.17, 15) is 5.11 Å². The number of hydrogen-bond acceptors (Lipinski definition) is 1. The van der Waals surface area contributed by atoms with E-state index >= 15 is 0 Å². The number of rotatable bonds is 18. The van der Waals surface area contributed by atoms with Gasteiger partial charge in [0.15, 0.2) is 0 Å². The van der Waals surface area contributed by atoms with Gasteiger partial charge in [-0.25, -0.2) is 0 Å². The first-order valence-electron chi connectivity index (χ1n) is 10.1. The van der Waals surface area contributed by atoms with Crippen molar-refractivity contribution in [2.45, 2.75) is 121 Å². The van der Waals surface area contributed by atoms with Gasteiger partial charge in [0.05, 0.1) is 6.10 Å². The molecule has 0 aromatic carbocycles. The smallest absolute Gasteiger partial charge is 0.0665 e. The molecule has 1 N–H and O–H groups in total. The lowest BCUT2D eigenvalue weighted by Crippen LogP contribution is -2.20. The molecule has 0 saturated carbocycles.